The van der Waals surface area contributed by atoms with Crippen molar-refractivity contribution in [3.05, 3.63) is 59.6 Å². The Balaban J connectivity index is 1.43. The van der Waals surface area contributed by atoms with Crippen molar-refractivity contribution in [1.29, 1.82) is 0 Å². The van der Waals surface area contributed by atoms with Gasteiger partial charge in [0.1, 0.15) is 17.3 Å². The lowest BCUT2D eigenvalue weighted by Gasteiger charge is -2.30. The zero-order valence-corrected chi connectivity index (χ0v) is 20.3. The van der Waals surface area contributed by atoms with Crippen LogP contribution in [0.5, 0.6) is 0 Å². The number of hydrogen-bond acceptors (Lipinski definition) is 7. The molecule has 37 heavy (non-hydrogen) atoms. The molecule has 7 rings (SSSR count). The van der Waals surface area contributed by atoms with Crippen LogP contribution in [0.1, 0.15) is 48.8 Å². The van der Waals surface area contributed by atoms with E-state index < -0.39 is 17.3 Å². The van der Waals surface area contributed by atoms with Gasteiger partial charge in [-0.1, -0.05) is 0 Å². The van der Waals surface area contributed by atoms with Crippen molar-refractivity contribution < 1.29 is 8.78 Å². The zero-order valence-electron chi connectivity index (χ0n) is 20.3. The molecule has 3 aliphatic rings. The standard InChI is InChI=1S/C28H27F2N7/c29-20-6-5-18(23(30)24(20)31)21-13-17(7-8-33-21)27-35-26-22(28(36-27)37-11-9-32-10-12-37)19(15-1-2-15)14-34-25(26)16-3-4-16/h5-8,13-16,32H,1-4,9-12,31H2. The summed E-state index contributed by atoms with van der Waals surface area (Å²) in [5.41, 5.74) is 9.52. The Bertz CT molecular complexity index is 1530. The molecule has 3 fully saturated rings. The SMILES string of the molecule is Nc1c(F)ccc(-c2cc(-c3nc(N4CCNCC4)c4c(C5CC5)cnc(C5CC5)c4n3)ccn2)c1F. The first-order valence-electron chi connectivity index (χ1n) is 12.9. The number of aromatic nitrogens is 4. The summed E-state index contributed by atoms with van der Waals surface area (Å²) in [6, 6.07) is 6.08. The van der Waals surface area contributed by atoms with Crippen molar-refractivity contribution in [3.8, 4) is 22.6 Å². The fourth-order valence-corrected chi connectivity index (χ4v) is 5.24. The normalized spacial score (nSPS) is 17.9. The summed E-state index contributed by atoms with van der Waals surface area (Å²) in [6.07, 6.45) is 8.25. The molecule has 9 heteroatoms. The van der Waals surface area contributed by atoms with Crippen LogP contribution >= 0.6 is 0 Å². The van der Waals surface area contributed by atoms with Gasteiger partial charge < -0.3 is 16.0 Å². The minimum atomic E-state index is -0.820. The fraction of sp³-hybridized carbons (Fsp3) is 0.357. The van der Waals surface area contributed by atoms with E-state index in [1.54, 1.807) is 12.3 Å². The highest BCUT2D eigenvalue weighted by Crippen LogP contribution is 2.48. The Morgan fingerprint density at radius 1 is 0.946 bits per heavy atom. The van der Waals surface area contributed by atoms with Gasteiger partial charge in [-0.05, 0) is 61.4 Å². The van der Waals surface area contributed by atoms with Crippen LogP contribution in [0, 0.1) is 11.6 Å². The van der Waals surface area contributed by atoms with Gasteiger partial charge in [0.25, 0.3) is 0 Å². The maximum absolute atomic E-state index is 14.8. The molecule has 0 amide bonds. The van der Waals surface area contributed by atoms with Crippen LogP contribution < -0.4 is 16.0 Å². The summed E-state index contributed by atoms with van der Waals surface area (Å²) in [7, 11) is 0. The molecule has 2 aliphatic carbocycles. The molecule has 1 saturated heterocycles. The third-order valence-corrected chi connectivity index (χ3v) is 7.58. The van der Waals surface area contributed by atoms with Gasteiger partial charge in [0.05, 0.1) is 16.9 Å². The minimum absolute atomic E-state index is 0.139. The Kier molecular flexibility index (Phi) is 5.28. The van der Waals surface area contributed by atoms with Crippen molar-refractivity contribution >= 4 is 22.4 Å². The molecule has 4 heterocycles. The average molecular weight is 500 g/mol. The second-order valence-electron chi connectivity index (χ2n) is 10.2. The summed E-state index contributed by atoms with van der Waals surface area (Å²) in [6.45, 7) is 3.51. The highest BCUT2D eigenvalue weighted by molar-refractivity contribution is 5.96. The summed E-state index contributed by atoms with van der Waals surface area (Å²) in [5, 5.41) is 4.57. The van der Waals surface area contributed by atoms with Crippen molar-refractivity contribution in [2.45, 2.75) is 37.5 Å². The maximum Gasteiger partial charge on any atom is 0.162 e. The van der Waals surface area contributed by atoms with Gasteiger partial charge >= 0.3 is 0 Å². The molecular formula is C28H27F2N7. The molecule has 0 spiro atoms. The predicted octanol–water partition coefficient (Wildman–Crippen LogP) is 4.78. The van der Waals surface area contributed by atoms with E-state index >= 15 is 0 Å². The van der Waals surface area contributed by atoms with Crippen LogP contribution in [0.3, 0.4) is 0 Å². The van der Waals surface area contributed by atoms with Crippen LogP contribution in [0.25, 0.3) is 33.5 Å². The summed E-state index contributed by atoms with van der Waals surface area (Å²) < 4.78 is 28.6. The monoisotopic (exact) mass is 499 g/mol. The highest BCUT2D eigenvalue weighted by Gasteiger charge is 2.34. The van der Waals surface area contributed by atoms with E-state index in [1.807, 2.05) is 6.07 Å². The quantitative estimate of drug-likeness (QED) is 0.382. The first-order chi connectivity index (χ1) is 18.1. The number of nitrogen functional groups attached to an aromatic ring is 1. The molecule has 0 atom stereocenters. The number of piperazine rings is 1. The van der Waals surface area contributed by atoms with Crippen LogP contribution in [0.4, 0.5) is 20.3 Å². The molecule has 188 valence electrons. The minimum Gasteiger partial charge on any atom is -0.394 e. The third kappa shape index (κ3) is 3.98. The molecule has 0 radical (unpaired) electrons. The van der Waals surface area contributed by atoms with Gasteiger partial charge in [0.15, 0.2) is 11.6 Å². The van der Waals surface area contributed by atoms with Gasteiger partial charge in [-0.15, -0.1) is 0 Å². The van der Waals surface area contributed by atoms with E-state index in [0.717, 1.165) is 67.5 Å². The maximum atomic E-state index is 14.8. The Morgan fingerprint density at radius 3 is 2.49 bits per heavy atom. The number of benzene rings is 1. The van der Waals surface area contributed by atoms with E-state index in [4.69, 9.17) is 20.7 Å². The second kappa shape index (κ2) is 8.69. The number of anilines is 2. The van der Waals surface area contributed by atoms with E-state index in [1.165, 1.54) is 24.5 Å². The fourth-order valence-electron chi connectivity index (χ4n) is 5.24. The van der Waals surface area contributed by atoms with Gasteiger partial charge in [0, 0.05) is 61.0 Å². The second-order valence-corrected chi connectivity index (χ2v) is 10.2. The van der Waals surface area contributed by atoms with Gasteiger partial charge in [-0.3, -0.25) is 9.97 Å². The van der Waals surface area contributed by atoms with Crippen molar-refractivity contribution in [3.63, 3.8) is 0 Å². The Labute approximate surface area is 213 Å². The predicted molar refractivity (Wildman–Crippen MR) is 139 cm³/mol. The van der Waals surface area contributed by atoms with E-state index in [0.29, 0.717) is 28.9 Å². The molecule has 0 unspecified atom stereocenters. The number of fused-ring (bicyclic) bond motifs is 1. The molecule has 3 aromatic heterocycles. The molecule has 4 aromatic rings. The van der Waals surface area contributed by atoms with Crippen molar-refractivity contribution in [2.75, 3.05) is 36.8 Å². The van der Waals surface area contributed by atoms with Crippen LogP contribution in [0.15, 0.2) is 36.7 Å². The largest absolute Gasteiger partial charge is 0.394 e. The van der Waals surface area contributed by atoms with E-state index in [9.17, 15) is 8.78 Å². The van der Waals surface area contributed by atoms with Crippen molar-refractivity contribution in [1.82, 2.24) is 25.3 Å². The number of nitrogens with zero attached hydrogens (tertiary/aromatic N) is 5. The van der Waals surface area contributed by atoms with Crippen molar-refractivity contribution in [2.24, 2.45) is 0 Å². The van der Waals surface area contributed by atoms with Gasteiger partial charge in [-0.25, -0.2) is 18.7 Å². The number of hydrogen-bond donors (Lipinski definition) is 2. The molecule has 1 aliphatic heterocycles. The number of pyridine rings is 2. The van der Waals surface area contributed by atoms with E-state index in [2.05, 4.69) is 21.4 Å². The molecule has 7 nitrogen and oxygen atoms in total. The first-order valence-corrected chi connectivity index (χ1v) is 12.9. The number of nitrogens with two attached hydrogens (primary N) is 1. The van der Waals surface area contributed by atoms with Crippen LogP contribution in [-0.2, 0) is 0 Å². The topological polar surface area (TPSA) is 92.8 Å². The lowest BCUT2D eigenvalue weighted by atomic mass is 10.0. The molecule has 2 saturated carbocycles. The number of rotatable bonds is 5. The zero-order chi connectivity index (χ0) is 25.1. The molecule has 1 aromatic carbocycles. The number of nitrogens with one attached hydrogen (secondary N) is 1. The summed E-state index contributed by atoms with van der Waals surface area (Å²) >= 11 is 0. The summed E-state index contributed by atoms with van der Waals surface area (Å²) in [5.74, 6) is 0.833. The van der Waals surface area contributed by atoms with Gasteiger partial charge in [-0.2, -0.15) is 0 Å². The molecular weight excluding hydrogens is 472 g/mol. The summed E-state index contributed by atoms with van der Waals surface area (Å²) in [4.78, 5) is 21.8. The third-order valence-electron chi connectivity index (χ3n) is 7.58. The van der Waals surface area contributed by atoms with Crippen LogP contribution in [-0.4, -0.2) is 46.1 Å². The van der Waals surface area contributed by atoms with Crippen LogP contribution in [0.2, 0.25) is 0 Å². The first kappa shape index (κ1) is 22.5. The van der Waals surface area contributed by atoms with Gasteiger partial charge in [0.2, 0.25) is 0 Å². The smallest absolute Gasteiger partial charge is 0.162 e. The molecule has 3 N–H and O–H groups in total. The molecule has 0 bridgehead atoms. The lowest BCUT2D eigenvalue weighted by molar-refractivity contribution is 0.586. The Morgan fingerprint density at radius 2 is 1.73 bits per heavy atom. The number of halogens is 2. The lowest BCUT2D eigenvalue weighted by Crippen LogP contribution is -2.44. The van der Waals surface area contributed by atoms with E-state index in [-0.39, 0.29) is 5.56 Å². The Hall–Kier alpha value is -3.72. The highest BCUT2D eigenvalue weighted by atomic mass is 19.1. The average Bonchev–Trinajstić information content (AvgIpc) is 3.85.